The monoisotopic (exact) mass is 463 g/mol. The summed E-state index contributed by atoms with van der Waals surface area (Å²) in [5, 5.41) is 11.9. The fourth-order valence-electron chi connectivity index (χ4n) is 1.71. The van der Waals surface area contributed by atoms with Gasteiger partial charge in [-0.1, -0.05) is 15.9 Å². The molecule has 9 heteroatoms. The summed E-state index contributed by atoms with van der Waals surface area (Å²) in [7, 11) is 0. The first-order chi connectivity index (χ1) is 11.3. The Hall–Kier alpha value is -2.00. The molecular weight excluding hydrogens is 456 g/mol. The van der Waals surface area contributed by atoms with Crippen LogP contribution in [-0.4, -0.2) is 23.6 Å². The highest BCUT2D eigenvalue weighted by Gasteiger charge is 2.18. The molecule has 0 aliphatic rings. The van der Waals surface area contributed by atoms with Gasteiger partial charge in [0, 0.05) is 10.5 Å². The van der Waals surface area contributed by atoms with Crippen LogP contribution in [-0.2, 0) is 9.53 Å². The molecule has 2 aromatic rings. The summed E-state index contributed by atoms with van der Waals surface area (Å²) in [5.74, 6) is -3.84. The number of hydrogen-bond donors (Lipinski definition) is 2. The lowest BCUT2D eigenvalue weighted by Crippen LogP contribution is -2.21. The minimum absolute atomic E-state index is 0.156. The number of ether oxygens (including phenoxy) is 1. The maximum Gasteiger partial charge on any atom is 0.342 e. The second kappa shape index (κ2) is 7.71. The van der Waals surface area contributed by atoms with Crippen LogP contribution in [0.1, 0.15) is 10.4 Å². The summed E-state index contributed by atoms with van der Waals surface area (Å²) in [6, 6.07) is 5.47. The molecule has 0 aliphatic carbocycles. The maximum absolute atomic E-state index is 13.4. The Bertz CT molecular complexity index is 814. The third-order valence-electron chi connectivity index (χ3n) is 2.79. The molecule has 0 fully saturated rings. The molecule has 0 bridgehead atoms. The lowest BCUT2D eigenvalue weighted by molar-refractivity contribution is -0.119. The zero-order chi connectivity index (χ0) is 17.9. The van der Waals surface area contributed by atoms with E-state index in [-0.39, 0.29) is 21.5 Å². The molecule has 0 unspecified atom stereocenters. The fourth-order valence-corrected chi connectivity index (χ4v) is 2.93. The summed E-state index contributed by atoms with van der Waals surface area (Å²) < 4.78 is 31.7. The van der Waals surface area contributed by atoms with Gasteiger partial charge in [0.25, 0.3) is 5.91 Å². The first kappa shape index (κ1) is 18.3. The van der Waals surface area contributed by atoms with E-state index in [0.717, 1.165) is 12.1 Å². The molecule has 0 aromatic heterocycles. The lowest BCUT2D eigenvalue weighted by Gasteiger charge is -2.09. The van der Waals surface area contributed by atoms with Gasteiger partial charge >= 0.3 is 5.97 Å². The Morgan fingerprint density at radius 3 is 2.54 bits per heavy atom. The molecule has 0 aliphatic heterocycles. The quantitative estimate of drug-likeness (QED) is 0.671. The van der Waals surface area contributed by atoms with Gasteiger partial charge in [0.15, 0.2) is 6.61 Å². The van der Waals surface area contributed by atoms with Gasteiger partial charge in [-0.3, -0.25) is 4.79 Å². The van der Waals surface area contributed by atoms with Gasteiger partial charge in [-0.25, -0.2) is 13.6 Å². The molecule has 24 heavy (non-hydrogen) atoms. The molecule has 0 saturated heterocycles. The van der Waals surface area contributed by atoms with Crippen LogP contribution in [0.15, 0.2) is 39.3 Å². The molecule has 5 nitrogen and oxygen atoms in total. The van der Waals surface area contributed by atoms with Crippen LogP contribution in [0.25, 0.3) is 0 Å². The van der Waals surface area contributed by atoms with Crippen molar-refractivity contribution in [3.8, 4) is 5.75 Å². The number of aromatic hydroxyl groups is 1. The van der Waals surface area contributed by atoms with Gasteiger partial charge in [-0.15, -0.1) is 0 Å². The minimum atomic E-state index is -0.955. The Balaban J connectivity index is 2.00. The maximum atomic E-state index is 13.4. The molecule has 0 heterocycles. The standard InChI is InChI=1S/C15H9Br2F2NO4/c16-7-3-9(14(22)10(17)4-7)15(23)24-6-13(21)20-12-2-1-8(18)5-11(12)19/h1-5,22H,6H2,(H,20,21). The SMILES string of the molecule is O=C(COC(=O)c1cc(Br)cc(Br)c1O)Nc1ccc(F)cc1F. The summed E-state index contributed by atoms with van der Waals surface area (Å²) >= 11 is 6.22. The van der Waals surface area contributed by atoms with Gasteiger partial charge < -0.3 is 15.2 Å². The second-order valence-corrected chi connectivity index (χ2v) is 6.30. The van der Waals surface area contributed by atoms with Crippen molar-refractivity contribution < 1.29 is 28.2 Å². The van der Waals surface area contributed by atoms with Gasteiger partial charge in [-0.2, -0.15) is 0 Å². The zero-order valence-corrected chi connectivity index (χ0v) is 14.9. The second-order valence-electron chi connectivity index (χ2n) is 4.53. The number of halogens is 4. The van der Waals surface area contributed by atoms with Crippen LogP contribution >= 0.6 is 31.9 Å². The minimum Gasteiger partial charge on any atom is -0.506 e. The largest absolute Gasteiger partial charge is 0.506 e. The van der Waals surface area contributed by atoms with E-state index in [2.05, 4.69) is 37.2 Å². The van der Waals surface area contributed by atoms with Crippen molar-refractivity contribution >= 4 is 49.4 Å². The highest BCUT2D eigenvalue weighted by molar-refractivity contribution is 9.11. The third kappa shape index (κ3) is 4.51. The summed E-state index contributed by atoms with van der Waals surface area (Å²) in [5.41, 5.74) is -0.400. The van der Waals surface area contributed by atoms with Gasteiger partial charge in [-0.05, 0) is 40.2 Å². The molecule has 2 aromatic carbocycles. The predicted molar refractivity (Wildman–Crippen MR) is 88.8 cm³/mol. The van der Waals surface area contributed by atoms with E-state index in [4.69, 9.17) is 4.74 Å². The average molecular weight is 465 g/mol. The zero-order valence-electron chi connectivity index (χ0n) is 11.8. The average Bonchev–Trinajstić information content (AvgIpc) is 2.51. The third-order valence-corrected chi connectivity index (χ3v) is 3.85. The number of esters is 1. The molecule has 0 spiro atoms. The van der Waals surface area contributed by atoms with E-state index in [0.29, 0.717) is 10.5 Å². The molecule has 2 N–H and O–H groups in total. The molecule has 2 rings (SSSR count). The first-order valence-electron chi connectivity index (χ1n) is 6.38. The topological polar surface area (TPSA) is 75.6 Å². The van der Waals surface area contributed by atoms with E-state index < -0.39 is 30.1 Å². The van der Waals surface area contributed by atoms with E-state index in [9.17, 15) is 23.5 Å². The van der Waals surface area contributed by atoms with Crippen LogP contribution in [0.3, 0.4) is 0 Å². The van der Waals surface area contributed by atoms with Crippen LogP contribution in [0.5, 0.6) is 5.75 Å². The first-order valence-corrected chi connectivity index (χ1v) is 7.96. The number of hydrogen-bond acceptors (Lipinski definition) is 4. The molecular formula is C15H9Br2F2NO4. The van der Waals surface area contributed by atoms with Crippen LogP contribution < -0.4 is 5.32 Å². The number of phenolic OH excluding ortho intramolecular Hbond substituents is 1. The Labute approximate surface area is 151 Å². The van der Waals surface area contributed by atoms with E-state index in [1.807, 2.05) is 0 Å². The number of nitrogens with one attached hydrogen (secondary N) is 1. The Morgan fingerprint density at radius 2 is 1.88 bits per heavy atom. The molecule has 0 radical (unpaired) electrons. The van der Waals surface area contributed by atoms with Crippen molar-refractivity contribution in [3.63, 3.8) is 0 Å². The number of rotatable bonds is 4. The predicted octanol–water partition coefficient (Wildman–Crippen LogP) is 3.99. The van der Waals surface area contributed by atoms with Crippen molar-refractivity contribution in [1.29, 1.82) is 0 Å². The fraction of sp³-hybridized carbons (Fsp3) is 0.0667. The number of carbonyl (C=O) groups is 2. The number of anilines is 1. The van der Waals surface area contributed by atoms with Crippen LogP contribution in [0, 0.1) is 11.6 Å². The van der Waals surface area contributed by atoms with E-state index in [1.54, 1.807) is 0 Å². The number of amides is 1. The number of benzene rings is 2. The molecule has 0 atom stereocenters. The van der Waals surface area contributed by atoms with E-state index in [1.165, 1.54) is 12.1 Å². The van der Waals surface area contributed by atoms with Crippen molar-refractivity contribution in [2.75, 3.05) is 11.9 Å². The smallest absolute Gasteiger partial charge is 0.342 e. The van der Waals surface area contributed by atoms with Crippen LogP contribution in [0.2, 0.25) is 0 Å². The lowest BCUT2D eigenvalue weighted by atomic mass is 10.2. The highest BCUT2D eigenvalue weighted by Crippen LogP contribution is 2.32. The highest BCUT2D eigenvalue weighted by atomic mass is 79.9. The summed E-state index contributed by atoms with van der Waals surface area (Å²) in [4.78, 5) is 23.6. The molecule has 0 saturated carbocycles. The van der Waals surface area contributed by atoms with Crippen molar-refractivity contribution in [1.82, 2.24) is 0 Å². The number of carbonyl (C=O) groups excluding carboxylic acids is 2. The van der Waals surface area contributed by atoms with Gasteiger partial charge in [0.2, 0.25) is 0 Å². The van der Waals surface area contributed by atoms with Gasteiger partial charge in [0.05, 0.1) is 10.2 Å². The van der Waals surface area contributed by atoms with E-state index >= 15 is 0 Å². The molecule has 1 amide bonds. The number of phenols is 1. The molecule has 126 valence electrons. The van der Waals surface area contributed by atoms with Crippen LogP contribution in [0.4, 0.5) is 14.5 Å². The Kier molecular flexibility index (Phi) is 5.89. The summed E-state index contributed by atoms with van der Waals surface area (Å²) in [6.07, 6.45) is 0. The summed E-state index contributed by atoms with van der Waals surface area (Å²) in [6.45, 7) is -0.709. The van der Waals surface area contributed by atoms with Crippen molar-refractivity contribution in [2.24, 2.45) is 0 Å². The van der Waals surface area contributed by atoms with Crippen molar-refractivity contribution in [3.05, 3.63) is 56.5 Å². The Morgan fingerprint density at radius 1 is 1.17 bits per heavy atom. The van der Waals surface area contributed by atoms with Gasteiger partial charge in [0.1, 0.15) is 22.9 Å². The normalized spacial score (nSPS) is 10.3. The van der Waals surface area contributed by atoms with Crippen molar-refractivity contribution in [2.45, 2.75) is 0 Å².